The average Bonchev–Trinajstić information content (AvgIpc) is 3.14. The van der Waals surface area contributed by atoms with Gasteiger partial charge in [-0.15, -0.1) is 5.10 Å². The van der Waals surface area contributed by atoms with E-state index in [4.69, 9.17) is 0 Å². The zero-order chi connectivity index (χ0) is 19.4. The summed E-state index contributed by atoms with van der Waals surface area (Å²) < 4.78 is 24.9. The topological polar surface area (TPSA) is 96.0 Å². The van der Waals surface area contributed by atoms with Crippen LogP contribution < -0.4 is 0 Å². The van der Waals surface area contributed by atoms with E-state index >= 15 is 0 Å². The molecule has 2 heterocycles. The van der Waals surface area contributed by atoms with E-state index in [1.807, 2.05) is 32.0 Å². The SMILES string of the molecule is CC(C)c1nc(S(=O)(=O)CC(=O)N2CCC(Cc3ccccc3)CC2)n[nH]1. The number of piperidine rings is 1. The highest BCUT2D eigenvalue weighted by Gasteiger charge is 2.29. The van der Waals surface area contributed by atoms with Crippen LogP contribution >= 0.6 is 0 Å². The van der Waals surface area contributed by atoms with Crippen LogP contribution in [0.25, 0.3) is 0 Å². The number of hydrogen-bond acceptors (Lipinski definition) is 5. The molecule has 27 heavy (non-hydrogen) atoms. The summed E-state index contributed by atoms with van der Waals surface area (Å²) >= 11 is 0. The molecule has 146 valence electrons. The lowest BCUT2D eigenvalue weighted by atomic mass is 9.90. The Kier molecular flexibility index (Phi) is 5.94. The highest BCUT2D eigenvalue weighted by Crippen LogP contribution is 2.22. The number of rotatable bonds is 6. The largest absolute Gasteiger partial charge is 0.342 e. The number of H-pyrrole nitrogens is 1. The number of amides is 1. The Labute approximate surface area is 160 Å². The minimum atomic E-state index is -3.83. The average molecular weight is 391 g/mol. The minimum absolute atomic E-state index is 0.0424. The highest BCUT2D eigenvalue weighted by molar-refractivity contribution is 7.91. The molecule has 0 atom stereocenters. The second kappa shape index (κ2) is 8.21. The van der Waals surface area contributed by atoms with Gasteiger partial charge in [0.25, 0.3) is 5.16 Å². The number of benzene rings is 1. The number of carbonyl (C=O) groups excluding carboxylic acids is 1. The van der Waals surface area contributed by atoms with Gasteiger partial charge in [0.15, 0.2) is 0 Å². The molecule has 1 fully saturated rings. The lowest BCUT2D eigenvalue weighted by molar-refractivity contribution is -0.129. The Hall–Kier alpha value is -2.22. The van der Waals surface area contributed by atoms with Gasteiger partial charge in [-0.25, -0.2) is 13.4 Å². The van der Waals surface area contributed by atoms with E-state index in [2.05, 4.69) is 27.3 Å². The van der Waals surface area contributed by atoms with Crippen LogP contribution in [0.15, 0.2) is 35.5 Å². The molecular weight excluding hydrogens is 364 g/mol. The molecule has 7 nitrogen and oxygen atoms in total. The standard InChI is InChI=1S/C19H26N4O3S/c1-14(2)18-20-19(22-21-18)27(25,26)13-17(24)23-10-8-16(9-11-23)12-15-6-4-3-5-7-15/h3-7,14,16H,8-13H2,1-2H3,(H,20,21,22). The molecule has 1 aromatic carbocycles. The van der Waals surface area contributed by atoms with Crippen LogP contribution in [0.4, 0.5) is 0 Å². The lowest BCUT2D eigenvalue weighted by Gasteiger charge is -2.32. The lowest BCUT2D eigenvalue weighted by Crippen LogP contribution is -2.41. The van der Waals surface area contributed by atoms with Gasteiger partial charge in [-0.2, -0.15) is 0 Å². The summed E-state index contributed by atoms with van der Waals surface area (Å²) in [6.45, 7) is 4.97. The van der Waals surface area contributed by atoms with E-state index in [-0.39, 0.29) is 17.0 Å². The smallest absolute Gasteiger partial charge is 0.267 e. The third-order valence-electron chi connectivity index (χ3n) is 4.96. The van der Waals surface area contributed by atoms with Crippen LogP contribution in [-0.2, 0) is 21.1 Å². The number of carbonyl (C=O) groups is 1. The van der Waals surface area contributed by atoms with Crippen LogP contribution in [0, 0.1) is 5.92 Å². The van der Waals surface area contributed by atoms with Gasteiger partial charge in [0.1, 0.15) is 11.6 Å². The first-order chi connectivity index (χ1) is 12.8. The molecule has 3 rings (SSSR count). The van der Waals surface area contributed by atoms with E-state index in [0.29, 0.717) is 24.8 Å². The molecule has 8 heteroatoms. The second-order valence-electron chi connectivity index (χ2n) is 7.43. The predicted octanol–water partition coefficient (Wildman–Crippen LogP) is 2.18. The van der Waals surface area contributed by atoms with E-state index < -0.39 is 15.6 Å². The summed E-state index contributed by atoms with van der Waals surface area (Å²) in [6.07, 6.45) is 2.77. The molecule has 0 unspecified atom stereocenters. The summed E-state index contributed by atoms with van der Waals surface area (Å²) in [5.74, 6) is 0.119. The molecule has 0 spiro atoms. The fraction of sp³-hybridized carbons (Fsp3) is 0.526. The van der Waals surface area contributed by atoms with E-state index in [9.17, 15) is 13.2 Å². The van der Waals surface area contributed by atoms with Crippen molar-refractivity contribution in [3.05, 3.63) is 41.7 Å². The molecule has 0 bridgehead atoms. The van der Waals surface area contributed by atoms with Crippen LogP contribution in [-0.4, -0.2) is 53.2 Å². The minimum Gasteiger partial charge on any atom is -0.342 e. The zero-order valence-corrected chi connectivity index (χ0v) is 16.6. The summed E-state index contributed by atoms with van der Waals surface area (Å²) in [5.41, 5.74) is 1.30. The molecule has 1 aromatic heterocycles. The number of nitrogens with zero attached hydrogens (tertiary/aromatic N) is 3. The Morgan fingerprint density at radius 3 is 2.48 bits per heavy atom. The fourth-order valence-electron chi connectivity index (χ4n) is 3.31. The Morgan fingerprint density at radius 1 is 1.22 bits per heavy atom. The summed E-state index contributed by atoms with van der Waals surface area (Å²) in [6, 6.07) is 10.3. The van der Waals surface area contributed by atoms with Crippen molar-refractivity contribution in [3.63, 3.8) is 0 Å². The Bertz CT molecular complexity index is 869. The molecule has 1 saturated heterocycles. The third-order valence-corrected chi connectivity index (χ3v) is 6.32. The van der Waals surface area contributed by atoms with Gasteiger partial charge in [0, 0.05) is 19.0 Å². The van der Waals surface area contributed by atoms with Gasteiger partial charge >= 0.3 is 0 Å². The van der Waals surface area contributed by atoms with Gasteiger partial charge in [0.2, 0.25) is 15.7 Å². The Morgan fingerprint density at radius 2 is 1.89 bits per heavy atom. The van der Waals surface area contributed by atoms with Gasteiger partial charge in [0.05, 0.1) is 0 Å². The van der Waals surface area contributed by atoms with Crippen molar-refractivity contribution in [1.82, 2.24) is 20.1 Å². The zero-order valence-electron chi connectivity index (χ0n) is 15.8. The number of likely N-dealkylation sites (tertiary alicyclic amines) is 1. The molecule has 1 aliphatic rings. The van der Waals surface area contributed by atoms with Gasteiger partial charge < -0.3 is 4.90 Å². The normalized spacial score (nSPS) is 16.0. The van der Waals surface area contributed by atoms with Crippen molar-refractivity contribution >= 4 is 15.7 Å². The molecule has 1 N–H and O–H groups in total. The van der Waals surface area contributed by atoms with E-state index in [0.717, 1.165) is 19.3 Å². The van der Waals surface area contributed by atoms with Crippen LogP contribution in [0.5, 0.6) is 0 Å². The van der Waals surface area contributed by atoms with Crippen molar-refractivity contribution in [2.45, 2.75) is 44.2 Å². The molecule has 0 saturated carbocycles. The summed E-state index contributed by atoms with van der Waals surface area (Å²) in [4.78, 5) is 18.1. The molecular formula is C19H26N4O3S. The predicted molar refractivity (Wildman–Crippen MR) is 102 cm³/mol. The molecule has 0 radical (unpaired) electrons. The van der Waals surface area contributed by atoms with Crippen molar-refractivity contribution in [2.24, 2.45) is 5.92 Å². The maximum absolute atomic E-state index is 12.5. The maximum Gasteiger partial charge on any atom is 0.267 e. The molecule has 1 aliphatic heterocycles. The number of nitrogens with one attached hydrogen (secondary N) is 1. The molecule has 0 aliphatic carbocycles. The van der Waals surface area contributed by atoms with E-state index in [1.54, 1.807) is 4.90 Å². The number of aromatic amines is 1. The monoisotopic (exact) mass is 390 g/mol. The van der Waals surface area contributed by atoms with Gasteiger partial charge in [-0.05, 0) is 30.7 Å². The summed E-state index contributed by atoms with van der Waals surface area (Å²) in [5, 5.41) is 6.11. The highest BCUT2D eigenvalue weighted by atomic mass is 32.2. The summed E-state index contributed by atoms with van der Waals surface area (Å²) in [7, 11) is -3.83. The second-order valence-corrected chi connectivity index (χ2v) is 9.31. The van der Waals surface area contributed by atoms with Gasteiger partial charge in [-0.1, -0.05) is 44.2 Å². The van der Waals surface area contributed by atoms with Crippen LogP contribution in [0.1, 0.15) is 44.0 Å². The molecule has 1 amide bonds. The van der Waals surface area contributed by atoms with Crippen molar-refractivity contribution in [2.75, 3.05) is 18.8 Å². The Balaban J connectivity index is 1.54. The van der Waals surface area contributed by atoms with E-state index in [1.165, 1.54) is 5.56 Å². The first-order valence-electron chi connectivity index (χ1n) is 9.32. The number of aromatic nitrogens is 3. The van der Waals surface area contributed by atoms with Crippen molar-refractivity contribution in [1.29, 1.82) is 0 Å². The van der Waals surface area contributed by atoms with Crippen LogP contribution in [0.3, 0.4) is 0 Å². The van der Waals surface area contributed by atoms with Crippen molar-refractivity contribution < 1.29 is 13.2 Å². The maximum atomic E-state index is 12.5. The fourth-order valence-corrected chi connectivity index (χ4v) is 4.37. The first-order valence-corrected chi connectivity index (χ1v) is 11.0. The van der Waals surface area contributed by atoms with Gasteiger partial charge in [-0.3, -0.25) is 9.89 Å². The third kappa shape index (κ3) is 4.94. The first kappa shape index (κ1) is 19.5. The number of hydrogen-bond donors (Lipinski definition) is 1. The number of sulfone groups is 1. The van der Waals surface area contributed by atoms with Crippen molar-refractivity contribution in [3.8, 4) is 0 Å². The van der Waals surface area contributed by atoms with Crippen LogP contribution in [0.2, 0.25) is 0 Å². The molecule has 2 aromatic rings. The quantitative estimate of drug-likeness (QED) is 0.816.